The van der Waals surface area contributed by atoms with Crippen LogP contribution in [0.25, 0.3) is 0 Å². The molecule has 0 bridgehead atoms. The molecule has 0 aliphatic heterocycles. The summed E-state index contributed by atoms with van der Waals surface area (Å²) in [5.41, 5.74) is 1.10. The van der Waals surface area contributed by atoms with Crippen LogP contribution in [-0.2, 0) is 4.79 Å². The Morgan fingerprint density at radius 2 is 1.14 bits per heavy atom. The Kier molecular flexibility index (Phi) is 21.4. The van der Waals surface area contributed by atoms with Gasteiger partial charge in [-0.3, -0.25) is 0 Å². The van der Waals surface area contributed by atoms with E-state index in [9.17, 15) is 9.90 Å². The highest BCUT2D eigenvalue weighted by Crippen LogP contribution is 2.41. The molecule has 0 spiro atoms. The van der Waals surface area contributed by atoms with Gasteiger partial charge in [-0.1, -0.05) is 104 Å². The number of carboxylic acid groups (broad SMARTS) is 1. The van der Waals surface area contributed by atoms with E-state index in [1.165, 1.54) is 89.9 Å². The van der Waals surface area contributed by atoms with Crippen molar-refractivity contribution < 1.29 is 9.90 Å². The molecule has 174 valence electrons. The fourth-order valence-electron chi connectivity index (χ4n) is 4.41. The summed E-state index contributed by atoms with van der Waals surface area (Å²) in [6, 6.07) is 0. The normalized spacial score (nSPS) is 12.1. The summed E-state index contributed by atoms with van der Waals surface area (Å²) in [7, 11) is 0. The highest BCUT2D eigenvalue weighted by atomic mass is 16.4. The van der Waals surface area contributed by atoms with Crippen LogP contribution in [0.5, 0.6) is 0 Å². The second-order valence-electron chi connectivity index (χ2n) is 8.88. The molecule has 4 N–H and O–H groups in total. The first-order valence-electron chi connectivity index (χ1n) is 12.5. The third-order valence-electron chi connectivity index (χ3n) is 6.27. The molecule has 0 aromatic carbocycles. The van der Waals surface area contributed by atoms with Gasteiger partial charge in [-0.05, 0) is 55.9 Å². The van der Waals surface area contributed by atoms with Crippen molar-refractivity contribution in [1.29, 1.82) is 0 Å². The Balaban J connectivity index is 0. The van der Waals surface area contributed by atoms with E-state index in [4.69, 9.17) is 0 Å². The monoisotopic (exact) mass is 411 g/mol. The number of hydrogen-bond donors (Lipinski definition) is 1. The molecule has 0 radical (unpaired) electrons. The van der Waals surface area contributed by atoms with Crippen molar-refractivity contribution in [3.63, 3.8) is 0 Å². The summed E-state index contributed by atoms with van der Waals surface area (Å²) in [6.45, 7) is 8.99. The zero-order valence-corrected chi connectivity index (χ0v) is 20.6. The van der Waals surface area contributed by atoms with Crippen LogP contribution in [-0.4, -0.2) is 5.97 Å². The van der Waals surface area contributed by atoms with E-state index in [0.29, 0.717) is 17.4 Å². The van der Waals surface area contributed by atoms with Crippen LogP contribution in [0.4, 0.5) is 0 Å². The molecule has 0 saturated carbocycles. The molecule has 0 atom stereocenters. The molecular weight excluding hydrogens is 358 g/mol. The molecule has 0 aromatic heterocycles. The van der Waals surface area contributed by atoms with E-state index in [2.05, 4.69) is 20.8 Å². The lowest BCUT2D eigenvalue weighted by atomic mass is 9.71. The topological polar surface area (TPSA) is 76.6 Å². The Morgan fingerprint density at radius 3 is 1.59 bits per heavy atom. The highest BCUT2D eigenvalue weighted by molar-refractivity contribution is 5.84. The smallest absolute Gasteiger partial charge is 0.0671 e. The zero-order valence-electron chi connectivity index (χ0n) is 20.6. The van der Waals surface area contributed by atoms with Crippen molar-refractivity contribution in [3.8, 4) is 0 Å². The molecule has 0 saturated heterocycles. The number of carboxylic acids is 1. The van der Waals surface area contributed by atoms with Crippen molar-refractivity contribution >= 4 is 5.97 Å². The quantitative estimate of drug-likeness (QED) is 0.162. The Bertz CT molecular complexity index is 382. The van der Waals surface area contributed by atoms with Crippen LogP contribution in [0, 0.1) is 5.41 Å². The Hall–Kier alpha value is -0.830. The fraction of sp³-hybridized carbons (Fsp3) is 0.885. The van der Waals surface area contributed by atoms with E-state index >= 15 is 0 Å². The summed E-state index contributed by atoms with van der Waals surface area (Å²) >= 11 is 0. The van der Waals surface area contributed by atoms with Crippen LogP contribution in [0.3, 0.4) is 0 Å². The van der Waals surface area contributed by atoms with Crippen molar-refractivity contribution in [2.45, 2.75) is 143 Å². The molecular formula is C26H53NO2. The van der Waals surface area contributed by atoms with Gasteiger partial charge in [0.1, 0.15) is 0 Å². The lowest BCUT2D eigenvalue weighted by Gasteiger charge is -2.35. The Labute approximate surface area is 182 Å². The van der Waals surface area contributed by atoms with Gasteiger partial charge in [-0.25, -0.2) is 0 Å². The average Bonchev–Trinajstić information content (AvgIpc) is 2.69. The first-order valence-corrected chi connectivity index (χ1v) is 12.5. The van der Waals surface area contributed by atoms with E-state index < -0.39 is 5.97 Å². The van der Waals surface area contributed by atoms with Crippen LogP contribution in [0.2, 0.25) is 0 Å². The maximum absolute atomic E-state index is 11.0. The molecule has 0 amide bonds. The number of rotatable bonds is 20. The van der Waals surface area contributed by atoms with Gasteiger partial charge in [0.2, 0.25) is 0 Å². The third-order valence-corrected chi connectivity index (χ3v) is 6.27. The first-order chi connectivity index (χ1) is 13.5. The fourth-order valence-corrected chi connectivity index (χ4v) is 4.41. The molecule has 0 fully saturated rings. The van der Waals surface area contributed by atoms with Gasteiger partial charge in [0.05, 0.1) is 5.97 Å². The average molecular weight is 412 g/mol. The second kappa shape index (κ2) is 20.4. The standard InChI is InChI=1S/C26H50O2.H3N/c1-5-9-20-26(21-10-6-2,22-11-7-3)23-17-15-13-12-14-16-19-24(18-8-4)25(27)28;/h19H,5-18,20-23H2,1-4H3,(H,27,28);1H3. The molecule has 0 unspecified atom stereocenters. The van der Waals surface area contributed by atoms with Gasteiger partial charge in [0, 0.05) is 0 Å². The largest absolute Gasteiger partial charge is 0.545 e. The number of unbranched alkanes of at least 4 members (excludes halogenated alkanes) is 8. The van der Waals surface area contributed by atoms with Crippen LogP contribution in [0.1, 0.15) is 143 Å². The van der Waals surface area contributed by atoms with Gasteiger partial charge in [0.25, 0.3) is 0 Å². The summed E-state index contributed by atoms with van der Waals surface area (Å²) < 4.78 is 0. The lowest BCUT2D eigenvalue weighted by Crippen LogP contribution is -2.24. The number of quaternary nitrogens is 1. The summed E-state index contributed by atoms with van der Waals surface area (Å²) in [5, 5.41) is 11.0. The minimum Gasteiger partial charge on any atom is -0.545 e. The number of carbonyl (C=O) groups excluding carboxylic acids is 1. The third kappa shape index (κ3) is 15.6. The summed E-state index contributed by atoms with van der Waals surface area (Å²) in [5.74, 6) is -0.982. The number of carbonyl (C=O) groups is 1. The minimum atomic E-state index is -0.982. The van der Waals surface area contributed by atoms with E-state index in [0.717, 1.165) is 19.3 Å². The second-order valence-corrected chi connectivity index (χ2v) is 8.88. The van der Waals surface area contributed by atoms with E-state index in [-0.39, 0.29) is 6.15 Å². The predicted octanol–water partition coefficient (Wildman–Crippen LogP) is 8.13. The van der Waals surface area contributed by atoms with Gasteiger partial charge in [0.15, 0.2) is 0 Å². The number of allylic oxidation sites excluding steroid dienone is 1. The molecule has 3 nitrogen and oxygen atoms in total. The molecule has 0 heterocycles. The number of aliphatic carboxylic acids is 1. The molecule has 0 aromatic rings. The van der Waals surface area contributed by atoms with E-state index in [1.807, 2.05) is 13.0 Å². The van der Waals surface area contributed by atoms with Gasteiger partial charge < -0.3 is 16.1 Å². The van der Waals surface area contributed by atoms with Gasteiger partial charge in [-0.15, -0.1) is 0 Å². The molecule has 0 aliphatic carbocycles. The molecule has 0 rings (SSSR count). The maximum atomic E-state index is 11.0. The predicted molar refractivity (Wildman–Crippen MR) is 127 cm³/mol. The van der Waals surface area contributed by atoms with Crippen molar-refractivity contribution in [3.05, 3.63) is 11.6 Å². The van der Waals surface area contributed by atoms with E-state index in [1.54, 1.807) is 0 Å². The highest BCUT2D eigenvalue weighted by Gasteiger charge is 2.27. The first kappa shape index (κ1) is 30.4. The SMILES string of the molecule is CCCCC(CCCC)(CCCC)CCCCCCCC=C(CCC)C(=O)[O-].[NH4+]. The molecule has 29 heavy (non-hydrogen) atoms. The molecule has 3 heteroatoms. The lowest BCUT2D eigenvalue weighted by molar-refractivity contribution is -0.299. The zero-order chi connectivity index (χ0) is 21.1. The molecule has 0 aliphatic rings. The van der Waals surface area contributed by atoms with Crippen LogP contribution in [0.15, 0.2) is 11.6 Å². The van der Waals surface area contributed by atoms with Gasteiger partial charge in [-0.2, -0.15) is 0 Å². The van der Waals surface area contributed by atoms with Crippen molar-refractivity contribution in [1.82, 2.24) is 6.15 Å². The van der Waals surface area contributed by atoms with Crippen molar-refractivity contribution in [2.75, 3.05) is 0 Å². The summed E-state index contributed by atoms with van der Waals surface area (Å²) in [6.07, 6.45) is 24.4. The summed E-state index contributed by atoms with van der Waals surface area (Å²) in [4.78, 5) is 11.0. The Morgan fingerprint density at radius 1 is 0.690 bits per heavy atom. The van der Waals surface area contributed by atoms with Gasteiger partial charge >= 0.3 is 0 Å². The maximum Gasteiger partial charge on any atom is 0.0671 e. The minimum absolute atomic E-state index is 0. The van der Waals surface area contributed by atoms with Crippen LogP contribution < -0.4 is 11.3 Å². The van der Waals surface area contributed by atoms with Crippen LogP contribution >= 0.6 is 0 Å². The van der Waals surface area contributed by atoms with Crippen molar-refractivity contribution in [2.24, 2.45) is 5.41 Å². The number of hydrogen-bond acceptors (Lipinski definition) is 2.